The Bertz CT molecular complexity index is 881. The second-order valence-corrected chi connectivity index (χ2v) is 6.17. The van der Waals surface area contributed by atoms with E-state index < -0.39 is 0 Å². The van der Waals surface area contributed by atoms with Crippen molar-refractivity contribution >= 4 is 16.3 Å². The molecule has 0 saturated heterocycles. The Labute approximate surface area is 142 Å². The second-order valence-electron chi connectivity index (χ2n) is 6.17. The van der Waals surface area contributed by atoms with Crippen LogP contribution in [0.3, 0.4) is 0 Å². The van der Waals surface area contributed by atoms with Gasteiger partial charge in [0.2, 0.25) is 0 Å². The molecular formula is C22H20N2. The van der Waals surface area contributed by atoms with Crippen molar-refractivity contribution in [3.63, 3.8) is 0 Å². The number of hydrogen-bond acceptors (Lipinski definition) is 2. The molecule has 0 N–H and O–H groups in total. The highest BCUT2D eigenvalue weighted by Crippen LogP contribution is 2.39. The Balaban J connectivity index is 0.000000207. The van der Waals surface area contributed by atoms with Crippen LogP contribution in [0.4, 0.5) is 0 Å². The third-order valence-corrected chi connectivity index (χ3v) is 4.76. The number of rotatable bonds is 0. The normalized spacial score (nSPS) is 15.3. The first-order chi connectivity index (χ1) is 11.9. The molecule has 2 nitrogen and oxygen atoms in total. The first-order valence-corrected chi connectivity index (χ1v) is 8.53. The zero-order valence-electron chi connectivity index (χ0n) is 13.7. The quantitative estimate of drug-likeness (QED) is 0.558. The number of aromatic nitrogens is 2. The highest BCUT2D eigenvalue weighted by Gasteiger charge is 2.20. The van der Waals surface area contributed by atoms with Crippen molar-refractivity contribution in [2.45, 2.75) is 25.7 Å². The van der Waals surface area contributed by atoms with Gasteiger partial charge in [0.15, 0.2) is 0 Å². The van der Waals surface area contributed by atoms with E-state index in [-0.39, 0.29) is 0 Å². The van der Waals surface area contributed by atoms with Crippen molar-refractivity contribution in [2.24, 2.45) is 0 Å². The third-order valence-electron chi connectivity index (χ3n) is 4.76. The van der Waals surface area contributed by atoms with Crippen molar-refractivity contribution in [1.29, 1.82) is 0 Å². The second kappa shape index (κ2) is 6.79. The number of hydrogen-bond donors (Lipinski definition) is 0. The molecule has 2 aliphatic carbocycles. The van der Waals surface area contributed by atoms with E-state index in [4.69, 9.17) is 0 Å². The SMILES string of the molecule is C1=CC2=C(CC1)CCc1c2ccc2ccccc12.c1cnccn1. The summed E-state index contributed by atoms with van der Waals surface area (Å²) in [5.74, 6) is 0. The molecule has 2 aliphatic rings. The Morgan fingerprint density at radius 1 is 0.750 bits per heavy atom. The van der Waals surface area contributed by atoms with E-state index in [1.807, 2.05) is 0 Å². The molecule has 0 aliphatic heterocycles. The van der Waals surface area contributed by atoms with Crippen LogP contribution < -0.4 is 0 Å². The third kappa shape index (κ3) is 2.88. The summed E-state index contributed by atoms with van der Waals surface area (Å²) in [6.07, 6.45) is 16.2. The first kappa shape index (κ1) is 14.8. The molecule has 0 spiro atoms. The Morgan fingerprint density at radius 3 is 2.33 bits per heavy atom. The van der Waals surface area contributed by atoms with Crippen molar-refractivity contribution in [1.82, 2.24) is 9.97 Å². The van der Waals surface area contributed by atoms with Crippen LogP contribution in [-0.4, -0.2) is 9.97 Å². The lowest BCUT2D eigenvalue weighted by molar-refractivity contribution is 0.831. The molecule has 0 fully saturated rings. The van der Waals surface area contributed by atoms with Gasteiger partial charge in [-0.3, -0.25) is 9.97 Å². The minimum Gasteiger partial charge on any atom is -0.262 e. The fraction of sp³-hybridized carbons (Fsp3) is 0.182. The van der Waals surface area contributed by atoms with Gasteiger partial charge in [-0.1, -0.05) is 54.1 Å². The van der Waals surface area contributed by atoms with E-state index in [2.05, 4.69) is 58.5 Å². The topological polar surface area (TPSA) is 25.8 Å². The summed E-state index contributed by atoms with van der Waals surface area (Å²) in [5, 5.41) is 2.82. The lowest BCUT2D eigenvalue weighted by Gasteiger charge is -2.25. The largest absolute Gasteiger partial charge is 0.262 e. The molecule has 2 aromatic carbocycles. The maximum atomic E-state index is 3.72. The van der Waals surface area contributed by atoms with Crippen LogP contribution in [0.15, 0.2) is 78.9 Å². The van der Waals surface area contributed by atoms with Gasteiger partial charge < -0.3 is 0 Å². The molecular weight excluding hydrogens is 292 g/mol. The summed E-state index contributed by atoms with van der Waals surface area (Å²) in [4.78, 5) is 7.44. The van der Waals surface area contributed by atoms with E-state index in [0.717, 1.165) is 0 Å². The average molecular weight is 312 g/mol. The van der Waals surface area contributed by atoms with Gasteiger partial charge in [-0.05, 0) is 53.2 Å². The molecule has 2 heteroatoms. The van der Waals surface area contributed by atoms with Crippen molar-refractivity contribution in [3.8, 4) is 0 Å². The standard InChI is InChI=1S/C18H16.C4H4N2/c1-3-7-15-13(5-1)9-11-18-16-8-4-2-6-14(16)10-12-17(15)18;1-2-6-4-3-5-1/h1,3-5,7-9,11H,2,6,10,12H2;1-4H. The van der Waals surface area contributed by atoms with E-state index >= 15 is 0 Å². The molecule has 5 rings (SSSR count). The van der Waals surface area contributed by atoms with Gasteiger partial charge in [0.25, 0.3) is 0 Å². The van der Waals surface area contributed by atoms with Crippen molar-refractivity contribution < 1.29 is 0 Å². The number of aryl methyl sites for hydroxylation is 1. The molecule has 24 heavy (non-hydrogen) atoms. The molecule has 0 amide bonds. The lowest BCUT2D eigenvalue weighted by atomic mass is 9.80. The Morgan fingerprint density at radius 2 is 1.54 bits per heavy atom. The van der Waals surface area contributed by atoms with Crippen LogP contribution in [-0.2, 0) is 6.42 Å². The van der Waals surface area contributed by atoms with Crippen molar-refractivity contribution in [2.75, 3.05) is 0 Å². The molecule has 1 aromatic heterocycles. The zero-order chi connectivity index (χ0) is 16.2. The van der Waals surface area contributed by atoms with Gasteiger partial charge in [0.05, 0.1) is 0 Å². The minimum absolute atomic E-state index is 1.21. The number of nitrogens with zero attached hydrogens (tertiary/aromatic N) is 2. The molecule has 0 radical (unpaired) electrons. The van der Waals surface area contributed by atoms with Gasteiger partial charge in [-0.15, -0.1) is 0 Å². The summed E-state index contributed by atoms with van der Waals surface area (Å²) in [6, 6.07) is 13.4. The summed E-state index contributed by atoms with van der Waals surface area (Å²) in [5.41, 5.74) is 6.21. The van der Waals surface area contributed by atoms with Crippen LogP contribution in [0.2, 0.25) is 0 Å². The molecule has 0 bridgehead atoms. The lowest BCUT2D eigenvalue weighted by Crippen LogP contribution is -2.06. The smallest absolute Gasteiger partial charge is 0.0451 e. The molecule has 118 valence electrons. The fourth-order valence-corrected chi connectivity index (χ4v) is 3.64. The summed E-state index contributed by atoms with van der Waals surface area (Å²) >= 11 is 0. The average Bonchev–Trinajstić information content (AvgIpc) is 2.69. The molecule has 0 unspecified atom stereocenters. The minimum atomic E-state index is 1.21. The molecule has 1 heterocycles. The van der Waals surface area contributed by atoms with Gasteiger partial charge in [-0.25, -0.2) is 0 Å². The van der Waals surface area contributed by atoms with E-state index in [1.165, 1.54) is 47.6 Å². The van der Waals surface area contributed by atoms with E-state index in [0.29, 0.717) is 0 Å². The predicted octanol–water partition coefficient (Wildman–Crippen LogP) is 5.37. The van der Waals surface area contributed by atoms with Gasteiger partial charge in [0.1, 0.15) is 0 Å². The van der Waals surface area contributed by atoms with Crippen LogP contribution >= 0.6 is 0 Å². The Hall–Kier alpha value is -2.74. The Kier molecular flexibility index (Phi) is 4.20. The van der Waals surface area contributed by atoms with Crippen LogP contribution in [0.5, 0.6) is 0 Å². The number of allylic oxidation sites excluding steroid dienone is 4. The number of benzene rings is 2. The summed E-state index contributed by atoms with van der Waals surface area (Å²) in [7, 11) is 0. The van der Waals surface area contributed by atoms with E-state index in [1.54, 1.807) is 35.9 Å². The highest BCUT2D eigenvalue weighted by molar-refractivity contribution is 5.93. The summed E-state index contributed by atoms with van der Waals surface area (Å²) < 4.78 is 0. The first-order valence-electron chi connectivity index (χ1n) is 8.53. The molecule has 3 aromatic rings. The summed E-state index contributed by atoms with van der Waals surface area (Å²) in [6.45, 7) is 0. The van der Waals surface area contributed by atoms with E-state index in [9.17, 15) is 0 Å². The number of fused-ring (bicyclic) bond motifs is 4. The van der Waals surface area contributed by atoms with Crippen LogP contribution in [0, 0.1) is 0 Å². The fourth-order valence-electron chi connectivity index (χ4n) is 3.64. The monoisotopic (exact) mass is 312 g/mol. The van der Waals surface area contributed by atoms with Crippen LogP contribution in [0.1, 0.15) is 30.4 Å². The molecule has 0 atom stereocenters. The maximum Gasteiger partial charge on any atom is 0.0451 e. The van der Waals surface area contributed by atoms with Crippen molar-refractivity contribution in [3.05, 3.63) is 90.0 Å². The van der Waals surface area contributed by atoms with Gasteiger partial charge >= 0.3 is 0 Å². The van der Waals surface area contributed by atoms with Gasteiger partial charge in [-0.2, -0.15) is 0 Å². The van der Waals surface area contributed by atoms with Crippen LogP contribution in [0.25, 0.3) is 16.3 Å². The predicted molar refractivity (Wildman–Crippen MR) is 99.6 cm³/mol. The van der Waals surface area contributed by atoms with Gasteiger partial charge in [0, 0.05) is 24.8 Å². The highest BCUT2D eigenvalue weighted by atomic mass is 14.7. The zero-order valence-corrected chi connectivity index (χ0v) is 13.7. The maximum absolute atomic E-state index is 3.72. The molecule has 0 saturated carbocycles.